The number of rotatable bonds is 9. The predicted molar refractivity (Wildman–Crippen MR) is 128 cm³/mol. The van der Waals surface area contributed by atoms with E-state index in [1.54, 1.807) is 11.5 Å². The lowest BCUT2D eigenvalue weighted by Gasteiger charge is -2.36. The summed E-state index contributed by atoms with van der Waals surface area (Å²) in [6.07, 6.45) is 3.88. The Morgan fingerprint density at radius 3 is 2.57 bits per heavy atom. The average molecular weight is 484 g/mol. The standard InChI is InChI=1S/C26H33N3O6/c1-3-5-15-34-21-20(23(31)33-4-2)27-24-26(13-11-18(12-14-26)16-29(24)22(21)30)28-25(32)35-17-19-9-7-6-8-10-19/h6-10,18H,3-5,11-17H2,1-2H3,(H,28,32). The first-order chi connectivity index (χ1) is 17.0. The van der Waals surface area contributed by atoms with Gasteiger partial charge in [-0.05, 0) is 50.5 Å². The van der Waals surface area contributed by atoms with Gasteiger partial charge in [0.15, 0.2) is 5.69 Å². The van der Waals surface area contributed by atoms with Crippen molar-refractivity contribution < 1.29 is 23.8 Å². The molecule has 35 heavy (non-hydrogen) atoms. The van der Waals surface area contributed by atoms with Gasteiger partial charge in [0.2, 0.25) is 5.75 Å². The van der Waals surface area contributed by atoms with E-state index in [1.165, 1.54) is 0 Å². The summed E-state index contributed by atoms with van der Waals surface area (Å²) in [4.78, 5) is 43.9. The number of amides is 1. The number of nitrogens with zero attached hydrogens (tertiary/aromatic N) is 2. The molecular formula is C26H33N3O6. The number of alkyl carbamates (subject to hydrolysis) is 1. The summed E-state index contributed by atoms with van der Waals surface area (Å²) >= 11 is 0. The van der Waals surface area contributed by atoms with E-state index in [9.17, 15) is 14.4 Å². The number of carbonyl (C=O) groups excluding carboxylic acids is 2. The second-order valence-corrected chi connectivity index (χ2v) is 9.16. The quantitative estimate of drug-likeness (QED) is 0.425. The maximum absolute atomic E-state index is 13.6. The smallest absolute Gasteiger partial charge is 0.408 e. The van der Waals surface area contributed by atoms with Crippen LogP contribution < -0.4 is 15.6 Å². The van der Waals surface area contributed by atoms with E-state index in [1.807, 2.05) is 37.3 Å². The normalized spacial score (nSPS) is 20.5. The van der Waals surface area contributed by atoms with Crippen molar-refractivity contribution in [2.24, 2.45) is 5.92 Å². The molecule has 1 amide bonds. The highest BCUT2D eigenvalue weighted by Gasteiger charge is 2.46. The molecule has 0 spiro atoms. The number of hydrogen-bond acceptors (Lipinski definition) is 7. The molecule has 5 rings (SSSR count). The van der Waals surface area contributed by atoms with Crippen LogP contribution in [0.25, 0.3) is 0 Å². The Labute approximate surface area is 204 Å². The molecule has 1 aromatic carbocycles. The third-order valence-electron chi connectivity index (χ3n) is 6.72. The van der Waals surface area contributed by atoms with Gasteiger partial charge in [0, 0.05) is 6.54 Å². The Bertz CT molecular complexity index is 1110. The summed E-state index contributed by atoms with van der Waals surface area (Å²) in [6, 6.07) is 9.42. The van der Waals surface area contributed by atoms with Crippen molar-refractivity contribution in [3.63, 3.8) is 0 Å². The maximum atomic E-state index is 13.6. The fraction of sp³-hybridized carbons (Fsp3) is 0.538. The first-order valence-electron chi connectivity index (χ1n) is 12.4. The zero-order valence-electron chi connectivity index (χ0n) is 20.4. The molecule has 2 aliphatic heterocycles. The van der Waals surface area contributed by atoms with Crippen LogP contribution in [0.3, 0.4) is 0 Å². The van der Waals surface area contributed by atoms with Crippen molar-refractivity contribution in [3.8, 4) is 5.75 Å². The predicted octanol–water partition coefficient (Wildman–Crippen LogP) is 3.92. The number of nitrogens with one attached hydrogen (secondary N) is 1. The van der Waals surface area contributed by atoms with Crippen molar-refractivity contribution in [1.29, 1.82) is 0 Å². The second kappa shape index (κ2) is 10.9. The molecule has 9 heteroatoms. The molecule has 1 saturated carbocycles. The van der Waals surface area contributed by atoms with Gasteiger partial charge in [0.25, 0.3) is 5.56 Å². The van der Waals surface area contributed by atoms with Gasteiger partial charge in [-0.1, -0.05) is 43.7 Å². The van der Waals surface area contributed by atoms with Gasteiger partial charge in [-0.3, -0.25) is 9.36 Å². The zero-order valence-corrected chi connectivity index (χ0v) is 20.4. The lowest BCUT2D eigenvalue weighted by molar-refractivity contribution is 0.0511. The number of fused-ring (bicyclic) bond motifs is 2. The molecule has 1 fully saturated rings. The molecule has 9 nitrogen and oxygen atoms in total. The SMILES string of the molecule is CCCCOc1c(C(=O)OCC)nc2n(c1=O)CC1CCC2(NC(=O)OCc2ccccc2)CC1. The molecule has 1 aromatic heterocycles. The molecular weight excluding hydrogens is 450 g/mol. The summed E-state index contributed by atoms with van der Waals surface area (Å²) in [7, 11) is 0. The first kappa shape index (κ1) is 24.8. The Balaban J connectivity index is 1.69. The van der Waals surface area contributed by atoms with Gasteiger partial charge >= 0.3 is 12.1 Å². The zero-order chi connectivity index (χ0) is 24.8. The number of carbonyl (C=O) groups is 2. The number of benzene rings is 1. The van der Waals surface area contributed by atoms with Gasteiger partial charge in [0.05, 0.1) is 13.2 Å². The van der Waals surface area contributed by atoms with Crippen molar-refractivity contribution in [2.45, 2.75) is 71.1 Å². The van der Waals surface area contributed by atoms with E-state index in [4.69, 9.17) is 14.2 Å². The highest BCUT2D eigenvalue weighted by Crippen LogP contribution is 2.43. The topological polar surface area (TPSA) is 109 Å². The van der Waals surface area contributed by atoms with Crippen LogP contribution >= 0.6 is 0 Å². The number of ether oxygens (including phenoxy) is 3. The van der Waals surface area contributed by atoms with Crippen LogP contribution in [0.15, 0.2) is 35.1 Å². The van der Waals surface area contributed by atoms with Crippen molar-refractivity contribution in [3.05, 3.63) is 57.8 Å². The van der Waals surface area contributed by atoms with E-state index in [2.05, 4.69) is 10.3 Å². The van der Waals surface area contributed by atoms with Crippen molar-refractivity contribution >= 4 is 12.1 Å². The van der Waals surface area contributed by atoms with Crippen LogP contribution in [0.1, 0.15) is 74.2 Å². The van der Waals surface area contributed by atoms with Crippen LogP contribution in [0, 0.1) is 5.92 Å². The van der Waals surface area contributed by atoms with E-state index in [0.29, 0.717) is 31.8 Å². The molecule has 0 saturated heterocycles. The van der Waals surface area contributed by atoms with Gasteiger partial charge in [0.1, 0.15) is 18.0 Å². The van der Waals surface area contributed by atoms with Gasteiger partial charge < -0.3 is 19.5 Å². The Morgan fingerprint density at radius 1 is 1.14 bits per heavy atom. The van der Waals surface area contributed by atoms with Crippen LogP contribution in [0.5, 0.6) is 5.75 Å². The molecule has 0 unspecified atom stereocenters. The molecule has 2 bridgehead atoms. The first-order valence-corrected chi connectivity index (χ1v) is 12.4. The summed E-state index contributed by atoms with van der Waals surface area (Å²) in [5, 5.41) is 3.01. The third-order valence-corrected chi connectivity index (χ3v) is 6.72. The van der Waals surface area contributed by atoms with E-state index >= 15 is 0 Å². The molecule has 0 atom stereocenters. The van der Waals surface area contributed by atoms with Crippen LogP contribution in [0.4, 0.5) is 4.79 Å². The lowest BCUT2D eigenvalue weighted by atomic mass is 9.77. The molecule has 3 aliphatic rings. The Kier molecular flexibility index (Phi) is 7.73. The third kappa shape index (κ3) is 5.33. The van der Waals surface area contributed by atoms with E-state index in [0.717, 1.165) is 31.2 Å². The fourth-order valence-corrected chi connectivity index (χ4v) is 4.83. The van der Waals surface area contributed by atoms with Crippen LogP contribution in [0.2, 0.25) is 0 Å². The summed E-state index contributed by atoms with van der Waals surface area (Å²) < 4.78 is 18.0. The number of esters is 1. The minimum absolute atomic E-state index is 0.0799. The van der Waals surface area contributed by atoms with Gasteiger partial charge in [-0.2, -0.15) is 0 Å². The highest BCUT2D eigenvalue weighted by atomic mass is 16.5. The molecule has 0 radical (unpaired) electrons. The molecule has 1 N–H and O–H groups in total. The minimum atomic E-state index is -0.914. The van der Waals surface area contributed by atoms with Gasteiger partial charge in [-0.25, -0.2) is 14.6 Å². The summed E-state index contributed by atoms with van der Waals surface area (Å²) in [5.74, 6) is -0.142. The molecule has 1 aliphatic carbocycles. The van der Waals surface area contributed by atoms with E-state index < -0.39 is 23.2 Å². The highest BCUT2D eigenvalue weighted by molar-refractivity contribution is 5.90. The lowest BCUT2D eigenvalue weighted by Crippen LogP contribution is -2.50. The van der Waals surface area contributed by atoms with Crippen molar-refractivity contribution in [1.82, 2.24) is 14.9 Å². The second-order valence-electron chi connectivity index (χ2n) is 9.16. The maximum Gasteiger partial charge on any atom is 0.408 e. The van der Waals surface area contributed by atoms with Crippen LogP contribution in [-0.4, -0.2) is 34.8 Å². The molecule has 188 valence electrons. The summed E-state index contributed by atoms with van der Waals surface area (Å²) in [6.45, 7) is 4.75. The fourth-order valence-electron chi connectivity index (χ4n) is 4.83. The minimum Gasteiger partial charge on any atom is -0.486 e. The summed E-state index contributed by atoms with van der Waals surface area (Å²) in [5.41, 5.74) is -0.587. The van der Waals surface area contributed by atoms with Crippen LogP contribution in [-0.2, 0) is 28.2 Å². The number of unbranched alkanes of at least 4 members (excludes halogenated alkanes) is 1. The number of aromatic nitrogens is 2. The average Bonchev–Trinajstić information content (AvgIpc) is 3.11. The Morgan fingerprint density at radius 2 is 1.89 bits per heavy atom. The Hall–Kier alpha value is -3.36. The van der Waals surface area contributed by atoms with Crippen molar-refractivity contribution in [2.75, 3.05) is 13.2 Å². The molecule has 2 aromatic rings. The monoisotopic (exact) mass is 483 g/mol. The largest absolute Gasteiger partial charge is 0.486 e. The number of hydrogen-bond donors (Lipinski definition) is 1. The molecule has 3 heterocycles. The van der Waals surface area contributed by atoms with E-state index in [-0.39, 0.29) is 30.6 Å². The van der Waals surface area contributed by atoms with Gasteiger partial charge in [-0.15, -0.1) is 0 Å².